The summed E-state index contributed by atoms with van der Waals surface area (Å²) in [4.78, 5) is 34.9. The van der Waals surface area contributed by atoms with E-state index in [0.29, 0.717) is 12.5 Å². The van der Waals surface area contributed by atoms with Crippen molar-refractivity contribution in [1.82, 2.24) is 16.2 Å². The fraction of sp³-hybridized carbons (Fsp3) is 0.400. The van der Waals surface area contributed by atoms with Crippen LogP contribution in [0.2, 0.25) is 0 Å². The maximum atomic E-state index is 13.4. The van der Waals surface area contributed by atoms with Crippen LogP contribution in [0.1, 0.15) is 23.2 Å². The van der Waals surface area contributed by atoms with Gasteiger partial charge in [-0.2, -0.15) is 0 Å². The summed E-state index contributed by atoms with van der Waals surface area (Å²) in [5.74, 6) is -4.46. The van der Waals surface area contributed by atoms with Gasteiger partial charge in [-0.05, 0) is 24.5 Å². The molecule has 11 heteroatoms. The second-order valence-electron chi connectivity index (χ2n) is 5.88. The van der Waals surface area contributed by atoms with E-state index in [1.807, 2.05) is 0 Å². The van der Waals surface area contributed by atoms with Crippen molar-refractivity contribution in [2.75, 3.05) is 18.1 Å². The van der Waals surface area contributed by atoms with Crippen LogP contribution in [0.15, 0.2) is 18.2 Å². The van der Waals surface area contributed by atoms with E-state index in [4.69, 9.17) is 0 Å². The van der Waals surface area contributed by atoms with Crippen LogP contribution in [0.3, 0.4) is 0 Å². The predicted molar refractivity (Wildman–Crippen MR) is 86.4 cm³/mol. The molecule has 2 rings (SSSR count). The average Bonchev–Trinajstić information content (AvgIpc) is 2.89. The molecule has 1 fully saturated rings. The molecule has 0 saturated carbocycles. The topological polar surface area (TPSA) is 121 Å². The molecule has 8 nitrogen and oxygen atoms in total. The number of carbonyl (C=O) groups is 3. The Bertz CT molecular complexity index is 829. The van der Waals surface area contributed by atoms with Crippen molar-refractivity contribution in [3.05, 3.63) is 35.4 Å². The zero-order valence-corrected chi connectivity index (χ0v) is 14.4. The number of hydrogen-bond donors (Lipinski definition) is 3. The third-order valence-corrected chi connectivity index (χ3v) is 5.56. The Balaban J connectivity index is 1.71. The molecule has 1 aromatic carbocycles. The van der Waals surface area contributed by atoms with Crippen LogP contribution in [0.5, 0.6) is 0 Å². The molecule has 0 aromatic heterocycles. The van der Waals surface area contributed by atoms with Gasteiger partial charge in [-0.25, -0.2) is 17.2 Å². The summed E-state index contributed by atoms with van der Waals surface area (Å²) in [7, 11) is -3.09. The van der Waals surface area contributed by atoms with E-state index < -0.39 is 51.3 Å². The first-order valence-electron chi connectivity index (χ1n) is 7.67. The molecule has 142 valence electrons. The van der Waals surface area contributed by atoms with Crippen LogP contribution in [0.25, 0.3) is 0 Å². The van der Waals surface area contributed by atoms with Gasteiger partial charge >= 0.3 is 0 Å². The number of benzene rings is 1. The number of amides is 3. The Labute approximate surface area is 148 Å². The summed E-state index contributed by atoms with van der Waals surface area (Å²) in [6, 6.07) is 2.38. The molecular weight excluding hydrogens is 372 g/mol. The molecule has 0 bridgehead atoms. The van der Waals surface area contributed by atoms with E-state index in [9.17, 15) is 31.6 Å². The van der Waals surface area contributed by atoms with E-state index in [1.54, 1.807) is 0 Å². The van der Waals surface area contributed by atoms with Crippen LogP contribution < -0.4 is 16.2 Å². The van der Waals surface area contributed by atoms with E-state index in [0.717, 1.165) is 12.1 Å². The highest BCUT2D eigenvalue weighted by molar-refractivity contribution is 7.91. The molecule has 1 aromatic rings. The lowest BCUT2D eigenvalue weighted by molar-refractivity contribution is -0.128. The second kappa shape index (κ2) is 8.21. The molecule has 1 saturated heterocycles. The number of carbonyl (C=O) groups excluding carboxylic acids is 3. The number of rotatable bonds is 5. The summed E-state index contributed by atoms with van der Waals surface area (Å²) in [6.07, 6.45) is 0.343. The molecule has 0 aliphatic carbocycles. The largest absolute Gasteiger partial charge is 0.343 e. The minimum Gasteiger partial charge on any atom is -0.343 e. The molecule has 3 amide bonds. The smallest absolute Gasteiger partial charge is 0.257 e. The number of nitrogens with one attached hydrogen (secondary N) is 3. The summed E-state index contributed by atoms with van der Waals surface area (Å²) in [5.41, 5.74) is 3.74. The van der Waals surface area contributed by atoms with Crippen LogP contribution >= 0.6 is 0 Å². The molecular formula is C15H17F2N3O5S. The molecule has 1 atom stereocenters. The van der Waals surface area contributed by atoms with Crippen LogP contribution in [-0.4, -0.2) is 44.2 Å². The van der Waals surface area contributed by atoms with E-state index in [-0.39, 0.29) is 23.8 Å². The molecule has 26 heavy (non-hydrogen) atoms. The Morgan fingerprint density at radius 1 is 1.12 bits per heavy atom. The van der Waals surface area contributed by atoms with Crippen molar-refractivity contribution < 1.29 is 31.6 Å². The van der Waals surface area contributed by atoms with Gasteiger partial charge in [-0.3, -0.25) is 25.2 Å². The Kier molecular flexibility index (Phi) is 6.24. The fourth-order valence-corrected chi connectivity index (χ4v) is 4.32. The Morgan fingerprint density at radius 2 is 1.81 bits per heavy atom. The molecule has 1 heterocycles. The quantitative estimate of drug-likeness (QED) is 0.595. The van der Waals surface area contributed by atoms with Gasteiger partial charge in [0, 0.05) is 12.5 Å². The lowest BCUT2D eigenvalue weighted by atomic mass is 10.1. The lowest BCUT2D eigenvalue weighted by Crippen LogP contribution is -2.46. The van der Waals surface area contributed by atoms with Crippen molar-refractivity contribution in [3.63, 3.8) is 0 Å². The highest BCUT2D eigenvalue weighted by atomic mass is 32.2. The number of hydrazine groups is 1. The monoisotopic (exact) mass is 389 g/mol. The van der Waals surface area contributed by atoms with Crippen molar-refractivity contribution in [2.24, 2.45) is 5.92 Å². The van der Waals surface area contributed by atoms with Crippen molar-refractivity contribution in [3.8, 4) is 0 Å². The summed E-state index contributed by atoms with van der Waals surface area (Å²) >= 11 is 0. The normalized spacial score (nSPS) is 18.2. The number of sulfone groups is 1. The van der Waals surface area contributed by atoms with Gasteiger partial charge in [0.05, 0.1) is 23.6 Å². The zero-order chi connectivity index (χ0) is 19.3. The average molecular weight is 389 g/mol. The van der Waals surface area contributed by atoms with E-state index in [1.165, 1.54) is 0 Å². The Morgan fingerprint density at radius 3 is 2.42 bits per heavy atom. The summed E-state index contributed by atoms with van der Waals surface area (Å²) < 4.78 is 48.8. The van der Waals surface area contributed by atoms with Gasteiger partial charge in [0.1, 0.15) is 11.6 Å². The molecule has 0 radical (unpaired) electrons. The Hall–Kier alpha value is -2.56. The number of hydrogen-bond acceptors (Lipinski definition) is 5. The van der Waals surface area contributed by atoms with E-state index in [2.05, 4.69) is 16.2 Å². The van der Waals surface area contributed by atoms with Gasteiger partial charge in [0.2, 0.25) is 5.91 Å². The van der Waals surface area contributed by atoms with Crippen molar-refractivity contribution >= 4 is 27.6 Å². The van der Waals surface area contributed by atoms with Crippen LogP contribution in [0.4, 0.5) is 8.78 Å². The maximum absolute atomic E-state index is 13.4. The summed E-state index contributed by atoms with van der Waals surface area (Å²) in [5, 5.41) is 2.12. The first-order chi connectivity index (χ1) is 12.2. The van der Waals surface area contributed by atoms with Gasteiger partial charge in [-0.15, -0.1) is 0 Å². The maximum Gasteiger partial charge on any atom is 0.257 e. The molecule has 3 N–H and O–H groups in total. The van der Waals surface area contributed by atoms with Crippen LogP contribution in [0, 0.1) is 17.6 Å². The lowest BCUT2D eigenvalue weighted by Gasteiger charge is -2.10. The number of halogens is 2. The van der Waals surface area contributed by atoms with Crippen LogP contribution in [-0.2, 0) is 19.4 Å². The van der Waals surface area contributed by atoms with Gasteiger partial charge < -0.3 is 5.32 Å². The van der Waals surface area contributed by atoms with Gasteiger partial charge in [0.15, 0.2) is 9.84 Å². The molecule has 1 aliphatic heterocycles. The van der Waals surface area contributed by atoms with Crippen molar-refractivity contribution in [1.29, 1.82) is 0 Å². The molecule has 0 spiro atoms. The summed E-state index contributed by atoms with van der Waals surface area (Å²) in [6.45, 7) is -0.548. The molecule has 1 aliphatic rings. The third kappa shape index (κ3) is 5.76. The third-order valence-electron chi connectivity index (χ3n) is 3.73. The minimum atomic E-state index is -3.09. The first kappa shape index (κ1) is 19.8. The molecule has 1 unspecified atom stereocenters. The SMILES string of the molecule is O=C(CNC(=O)c1ccc(F)cc1F)NNC(=O)CC1CCS(=O)(=O)C1. The highest BCUT2D eigenvalue weighted by Crippen LogP contribution is 2.21. The van der Waals surface area contributed by atoms with Gasteiger partial charge in [0.25, 0.3) is 11.8 Å². The predicted octanol–water partition coefficient (Wildman–Crippen LogP) is -0.333. The fourth-order valence-electron chi connectivity index (χ4n) is 2.46. The zero-order valence-electron chi connectivity index (χ0n) is 13.6. The van der Waals surface area contributed by atoms with E-state index >= 15 is 0 Å². The first-order valence-corrected chi connectivity index (χ1v) is 9.50. The highest BCUT2D eigenvalue weighted by Gasteiger charge is 2.29. The second-order valence-corrected chi connectivity index (χ2v) is 8.11. The standard InChI is InChI=1S/C15H17F2N3O5S/c16-10-1-2-11(12(17)6-10)15(23)18-7-14(22)20-19-13(21)5-9-3-4-26(24,25)8-9/h1-2,6,9H,3-5,7-8H2,(H,18,23)(H,19,21)(H,20,22). The van der Waals surface area contributed by atoms with Gasteiger partial charge in [-0.1, -0.05) is 0 Å². The van der Waals surface area contributed by atoms with Crippen molar-refractivity contribution in [2.45, 2.75) is 12.8 Å². The minimum absolute atomic E-state index is 0.0449.